The number of aliphatic hydroxyl groups excluding tert-OH is 1. The SMILES string of the molecule is CCC(C)(CC)C(=O)/C=C(\O)C(C)(CC)CC.Cc1[c-]c(-c2ncc3oc4c5ccccc5cc5c(F)cc2c3c54)cc(C)c1.[Ir]. The van der Waals surface area contributed by atoms with Crippen LogP contribution >= 0.6 is 0 Å². The Balaban J connectivity index is 0.000000234. The van der Waals surface area contributed by atoms with Crippen molar-refractivity contribution in [3.05, 3.63) is 89.6 Å². The fourth-order valence-electron chi connectivity index (χ4n) is 6.08. The molecule has 0 aliphatic heterocycles. The molecule has 243 valence electrons. The minimum atomic E-state index is -0.337. The van der Waals surface area contributed by atoms with E-state index in [1.807, 2.05) is 91.8 Å². The number of carbonyl (C=O) groups excluding carboxylic acids is 1. The Morgan fingerprint density at radius 3 is 2.20 bits per heavy atom. The summed E-state index contributed by atoms with van der Waals surface area (Å²) in [4.78, 5) is 16.8. The number of halogens is 1. The van der Waals surface area contributed by atoms with Crippen LogP contribution in [0.4, 0.5) is 4.39 Å². The van der Waals surface area contributed by atoms with Crippen LogP contribution in [-0.2, 0) is 24.9 Å². The van der Waals surface area contributed by atoms with Crippen LogP contribution in [-0.4, -0.2) is 15.9 Å². The van der Waals surface area contributed by atoms with Crippen LogP contribution < -0.4 is 0 Å². The van der Waals surface area contributed by atoms with Gasteiger partial charge in [-0.05, 0) is 54.3 Å². The molecule has 0 bridgehead atoms. The van der Waals surface area contributed by atoms with Gasteiger partial charge in [-0.2, -0.15) is 0 Å². The van der Waals surface area contributed by atoms with Gasteiger partial charge in [-0.15, -0.1) is 34.9 Å². The monoisotopic (exact) mass is 797 g/mol. The Kier molecular flexibility index (Phi) is 10.4. The largest absolute Gasteiger partial charge is 0.512 e. The third kappa shape index (κ3) is 6.22. The number of furan rings is 1. The quantitative estimate of drug-likeness (QED) is 0.0548. The third-order valence-corrected chi connectivity index (χ3v) is 10.1. The summed E-state index contributed by atoms with van der Waals surface area (Å²) in [6.07, 6.45) is 6.50. The van der Waals surface area contributed by atoms with E-state index in [1.165, 1.54) is 6.08 Å². The molecule has 2 heterocycles. The van der Waals surface area contributed by atoms with Crippen molar-refractivity contribution >= 4 is 49.3 Å². The normalized spacial score (nSPS) is 12.5. The predicted molar refractivity (Wildman–Crippen MR) is 185 cm³/mol. The maximum atomic E-state index is 15.2. The van der Waals surface area contributed by atoms with Crippen LogP contribution in [0.5, 0.6) is 0 Å². The van der Waals surface area contributed by atoms with Gasteiger partial charge in [-0.25, -0.2) is 4.39 Å². The molecule has 6 aromatic rings. The number of ketones is 1. The van der Waals surface area contributed by atoms with Crippen molar-refractivity contribution in [3.63, 3.8) is 0 Å². The molecule has 6 heteroatoms. The first kappa shape index (κ1) is 35.3. The molecule has 0 aliphatic carbocycles. The van der Waals surface area contributed by atoms with Crippen LogP contribution in [0.3, 0.4) is 0 Å². The summed E-state index contributed by atoms with van der Waals surface area (Å²) in [6.45, 7) is 16.1. The number of fused-ring (bicyclic) bond motifs is 2. The zero-order valence-corrected chi connectivity index (χ0v) is 30.4. The molecule has 1 N–H and O–H groups in total. The summed E-state index contributed by atoms with van der Waals surface area (Å²) in [6, 6.07) is 18.9. The minimum absolute atomic E-state index is 0. The molecule has 4 nitrogen and oxygen atoms in total. The molecule has 0 spiro atoms. The van der Waals surface area contributed by atoms with Gasteiger partial charge < -0.3 is 14.5 Å². The minimum Gasteiger partial charge on any atom is -0.512 e. The Morgan fingerprint density at radius 2 is 1.57 bits per heavy atom. The molecule has 0 aliphatic rings. The van der Waals surface area contributed by atoms with Crippen LogP contribution in [0.1, 0.15) is 78.4 Å². The molecule has 2 aromatic heterocycles. The topological polar surface area (TPSA) is 63.3 Å². The zero-order chi connectivity index (χ0) is 32.7. The Bertz CT molecular complexity index is 2030. The zero-order valence-electron chi connectivity index (χ0n) is 28.0. The van der Waals surface area contributed by atoms with E-state index < -0.39 is 0 Å². The van der Waals surface area contributed by atoms with Crippen molar-refractivity contribution in [1.82, 2.24) is 4.98 Å². The number of rotatable bonds is 8. The average molecular weight is 797 g/mol. The van der Waals surface area contributed by atoms with E-state index in [0.29, 0.717) is 11.0 Å². The van der Waals surface area contributed by atoms with Crippen LogP contribution in [0.2, 0.25) is 0 Å². The van der Waals surface area contributed by atoms with Crippen LogP contribution in [0.25, 0.3) is 54.7 Å². The van der Waals surface area contributed by atoms with Crippen molar-refractivity contribution < 1.29 is 38.8 Å². The number of aryl methyl sites for hydroxylation is 2. The Labute approximate surface area is 284 Å². The maximum Gasteiger partial charge on any atom is 0.164 e. The van der Waals surface area contributed by atoms with E-state index in [9.17, 15) is 9.90 Å². The summed E-state index contributed by atoms with van der Waals surface area (Å²) < 4.78 is 21.4. The fourth-order valence-corrected chi connectivity index (χ4v) is 6.08. The van der Waals surface area contributed by atoms with Crippen molar-refractivity contribution in [2.75, 3.05) is 0 Å². The van der Waals surface area contributed by atoms with Crippen LogP contribution in [0.15, 0.2) is 71.0 Å². The van der Waals surface area contributed by atoms with Crippen molar-refractivity contribution in [2.24, 2.45) is 10.8 Å². The van der Waals surface area contributed by atoms with E-state index in [2.05, 4.69) is 17.1 Å². The molecule has 0 amide bonds. The maximum absolute atomic E-state index is 15.2. The molecule has 0 saturated carbocycles. The predicted octanol–water partition coefficient (Wildman–Crippen LogP) is 11.6. The number of allylic oxidation sites excluding steroid dienone is 2. The van der Waals surface area contributed by atoms with Crippen LogP contribution in [0, 0.1) is 36.6 Å². The number of nitrogens with zero attached hydrogens (tertiary/aromatic N) is 1. The van der Waals surface area contributed by atoms with Gasteiger partial charge in [-0.3, -0.25) is 4.79 Å². The second kappa shape index (κ2) is 13.6. The molecule has 0 atom stereocenters. The number of aliphatic hydroxyl groups is 1. The van der Waals surface area contributed by atoms with E-state index in [0.717, 1.165) is 80.6 Å². The first-order valence-corrected chi connectivity index (χ1v) is 16.0. The number of pyridine rings is 1. The molecule has 0 unspecified atom stereocenters. The number of hydrogen-bond donors (Lipinski definition) is 1. The van der Waals surface area contributed by atoms with Gasteiger partial charge in [0.05, 0.1) is 6.20 Å². The van der Waals surface area contributed by atoms with E-state index >= 15 is 4.39 Å². The molecule has 4 aromatic carbocycles. The van der Waals surface area contributed by atoms with Gasteiger partial charge in [0.25, 0.3) is 0 Å². The summed E-state index contributed by atoms with van der Waals surface area (Å²) in [5, 5.41) is 15.2. The summed E-state index contributed by atoms with van der Waals surface area (Å²) in [5.74, 6) is 0.0262. The standard InChI is InChI=1S/C25H15FNO.C15H28O2.Ir/c1-13-7-14(2)9-16(8-13)24-19-11-20(26)18-10-15-5-3-4-6-17(15)25-23(18)22(19)21(28-25)12-27-24;1-7-14(5,8-2)12(16)11-13(17)15(6,9-3)10-4;/h3-8,10-12H,1-2H3;11,16H,7-10H2,1-6H3;/q-1;;/b;12-11-;. The molecular weight excluding hydrogens is 754 g/mol. The second-order valence-corrected chi connectivity index (χ2v) is 12.9. The number of hydrogen-bond acceptors (Lipinski definition) is 4. The van der Waals surface area contributed by atoms with Gasteiger partial charge in [0.15, 0.2) is 11.4 Å². The Morgan fingerprint density at radius 1 is 0.913 bits per heavy atom. The van der Waals surface area contributed by atoms with Gasteiger partial charge in [0.1, 0.15) is 17.2 Å². The number of aromatic nitrogens is 1. The summed E-state index contributed by atoms with van der Waals surface area (Å²) in [7, 11) is 0. The number of benzene rings is 4. The molecular formula is C40H43FIrNO3-. The summed E-state index contributed by atoms with van der Waals surface area (Å²) >= 11 is 0. The van der Waals surface area contributed by atoms with Gasteiger partial charge in [-0.1, -0.05) is 79.7 Å². The van der Waals surface area contributed by atoms with E-state index in [1.54, 1.807) is 12.3 Å². The first-order chi connectivity index (χ1) is 21.4. The fraction of sp³-hybridized carbons (Fsp3) is 0.350. The second-order valence-electron chi connectivity index (χ2n) is 12.9. The Hall–Kier alpha value is -3.60. The molecule has 6 rings (SSSR count). The average Bonchev–Trinajstić information content (AvgIpc) is 3.43. The van der Waals surface area contributed by atoms with Gasteiger partial charge in [0.2, 0.25) is 0 Å². The van der Waals surface area contributed by atoms with Gasteiger partial charge >= 0.3 is 0 Å². The van der Waals surface area contributed by atoms with Crippen molar-refractivity contribution in [1.29, 1.82) is 0 Å². The van der Waals surface area contributed by atoms with Gasteiger partial charge in [0, 0.05) is 58.6 Å². The molecule has 46 heavy (non-hydrogen) atoms. The smallest absolute Gasteiger partial charge is 0.164 e. The van der Waals surface area contributed by atoms with Crippen molar-refractivity contribution in [2.45, 2.75) is 81.1 Å². The molecule has 0 saturated heterocycles. The first-order valence-electron chi connectivity index (χ1n) is 16.0. The van der Waals surface area contributed by atoms with E-state index in [4.69, 9.17) is 4.42 Å². The molecule has 1 radical (unpaired) electrons. The molecule has 0 fully saturated rings. The summed E-state index contributed by atoms with van der Waals surface area (Å²) in [5.41, 5.74) is 4.56. The van der Waals surface area contributed by atoms with Crippen molar-refractivity contribution in [3.8, 4) is 11.3 Å². The number of carbonyl (C=O) groups is 1. The van der Waals surface area contributed by atoms with E-state index in [-0.39, 0.29) is 48.3 Å². The third-order valence-electron chi connectivity index (χ3n) is 10.1.